The molecule has 0 fully saturated rings. The molecule has 4 heteroatoms. The predicted octanol–water partition coefficient (Wildman–Crippen LogP) is 1.07. The summed E-state index contributed by atoms with van der Waals surface area (Å²) in [6.45, 7) is 4.17. The van der Waals surface area contributed by atoms with Gasteiger partial charge in [-0.3, -0.25) is 0 Å². The summed E-state index contributed by atoms with van der Waals surface area (Å²) in [6.07, 6.45) is 3.52. The second kappa shape index (κ2) is 9.22. The van der Waals surface area contributed by atoms with E-state index in [4.69, 9.17) is 14.6 Å². The van der Waals surface area contributed by atoms with Gasteiger partial charge in [0.25, 0.3) is 0 Å². The van der Waals surface area contributed by atoms with E-state index >= 15 is 0 Å². The number of ether oxygens (including phenoxy) is 2. The average Bonchev–Trinajstić information content (AvgIpc) is 2.09. The largest absolute Gasteiger partial charge is 0.478 e. The van der Waals surface area contributed by atoms with Crippen LogP contribution in [0.5, 0.6) is 0 Å². The van der Waals surface area contributed by atoms with Crippen molar-refractivity contribution in [3.05, 3.63) is 12.2 Å². The molecule has 0 saturated carbocycles. The highest BCUT2D eigenvalue weighted by Gasteiger charge is 1.87. The highest BCUT2D eigenvalue weighted by molar-refractivity contribution is 5.79. The van der Waals surface area contributed by atoms with Crippen molar-refractivity contribution in [3.63, 3.8) is 0 Å². The van der Waals surface area contributed by atoms with Gasteiger partial charge in [-0.25, -0.2) is 4.79 Å². The van der Waals surface area contributed by atoms with E-state index in [2.05, 4.69) is 0 Å². The van der Waals surface area contributed by atoms with E-state index in [1.807, 2.05) is 6.92 Å². The van der Waals surface area contributed by atoms with Crippen LogP contribution in [0.2, 0.25) is 0 Å². The fraction of sp³-hybridized carbons (Fsp3) is 0.667. The number of rotatable bonds is 8. The molecular formula is C9H16O4. The molecule has 0 aliphatic heterocycles. The third kappa shape index (κ3) is 11.1. The maximum Gasteiger partial charge on any atom is 0.328 e. The fourth-order valence-electron chi connectivity index (χ4n) is 0.665. The van der Waals surface area contributed by atoms with Gasteiger partial charge in [-0.15, -0.1) is 0 Å². The number of carboxylic acid groups (broad SMARTS) is 1. The van der Waals surface area contributed by atoms with Gasteiger partial charge in [0, 0.05) is 12.7 Å². The van der Waals surface area contributed by atoms with Crippen LogP contribution in [0.1, 0.15) is 13.3 Å². The topological polar surface area (TPSA) is 55.8 Å². The Kier molecular flexibility index (Phi) is 8.60. The van der Waals surface area contributed by atoms with Crippen molar-refractivity contribution in [1.82, 2.24) is 0 Å². The Bertz CT molecular complexity index is 154. The van der Waals surface area contributed by atoms with Crippen molar-refractivity contribution in [2.45, 2.75) is 13.3 Å². The quantitative estimate of drug-likeness (QED) is 0.457. The first kappa shape index (κ1) is 12.1. The van der Waals surface area contributed by atoms with E-state index < -0.39 is 5.97 Å². The number of hydrogen-bond acceptors (Lipinski definition) is 3. The minimum atomic E-state index is -0.953. The molecule has 1 N–H and O–H groups in total. The second-order valence-corrected chi connectivity index (χ2v) is 2.43. The van der Waals surface area contributed by atoms with Gasteiger partial charge >= 0.3 is 5.97 Å². The van der Waals surface area contributed by atoms with Gasteiger partial charge in [-0.1, -0.05) is 13.0 Å². The van der Waals surface area contributed by atoms with Crippen molar-refractivity contribution >= 4 is 5.97 Å². The monoisotopic (exact) mass is 188 g/mol. The summed E-state index contributed by atoms with van der Waals surface area (Å²) in [5.74, 6) is -0.953. The molecule has 13 heavy (non-hydrogen) atoms. The van der Waals surface area contributed by atoms with E-state index in [0.717, 1.165) is 19.1 Å². The normalized spacial score (nSPS) is 10.8. The Morgan fingerprint density at radius 2 is 2.00 bits per heavy atom. The maximum absolute atomic E-state index is 10.0. The van der Waals surface area contributed by atoms with Gasteiger partial charge in [0.2, 0.25) is 0 Å². The zero-order valence-electron chi connectivity index (χ0n) is 7.86. The molecule has 0 saturated heterocycles. The Balaban J connectivity index is 3.03. The summed E-state index contributed by atoms with van der Waals surface area (Å²) in [4.78, 5) is 10.0. The van der Waals surface area contributed by atoms with E-state index in [-0.39, 0.29) is 0 Å². The zero-order chi connectivity index (χ0) is 9.94. The van der Waals surface area contributed by atoms with Crippen molar-refractivity contribution in [3.8, 4) is 0 Å². The van der Waals surface area contributed by atoms with Crippen molar-refractivity contribution < 1.29 is 19.4 Å². The Hall–Kier alpha value is -0.870. The minimum Gasteiger partial charge on any atom is -0.478 e. The molecule has 76 valence electrons. The average molecular weight is 188 g/mol. The molecule has 0 unspecified atom stereocenters. The molecule has 0 spiro atoms. The smallest absolute Gasteiger partial charge is 0.328 e. The molecule has 0 heterocycles. The Morgan fingerprint density at radius 1 is 1.31 bits per heavy atom. The summed E-state index contributed by atoms with van der Waals surface area (Å²) in [5.41, 5.74) is 0. The summed E-state index contributed by atoms with van der Waals surface area (Å²) < 4.78 is 10.2. The molecule has 0 bridgehead atoms. The van der Waals surface area contributed by atoms with Crippen LogP contribution >= 0.6 is 0 Å². The Labute approximate surface area is 78.2 Å². The SMILES string of the molecule is CCCOCCOCC=CC(=O)O. The number of carboxylic acids is 1. The third-order valence-electron chi connectivity index (χ3n) is 1.19. The summed E-state index contributed by atoms with van der Waals surface area (Å²) in [5, 5.41) is 8.22. The van der Waals surface area contributed by atoms with Crippen LogP contribution in [0, 0.1) is 0 Å². The van der Waals surface area contributed by atoms with Gasteiger partial charge in [0.15, 0.2) is 0 Å². The molecule has 0 amide bonds. The standard InChI is InChI=1S/C9H16O4/c1-2-5-12-7-8-13-6-3-4-9(10)11/h3-4H,2,5-8H2,1H3,(H,10,11). The third-order valence-corrected chi connectivity index (χ3v) is 1.19. The molecule has 0 rings (SSSR count). The van der Waals surface area contributed by atoms with Gasteiger partial charge in [-0.05, 0) is 6.42 Å². The fourth-order valence-corrected chi connectivity index (χ4v) is 0.665. The lowest BCUT2D eigenvalue weighted by molar-refractivity contribution is -0.131. The van der Waals surface area contributed by atoms with Gasteiger partial charge in [0.05, 0.1) is 19.8 Å². The minimum absolute atomic E-state index is 0.321. The number of hydrogen-bond donors (Lipinski definition) is 1. The first-order valence-corrected chi connectivity index (χ1v) is 4.32. The first-order valence-electron chi connectivity index (χ1n) is 4.32. The maximum atomic E-state index is 10.0. The van der Waals surface area contributed by atoms with E-state index in [0.29, 0.717) is 19.8 Å². The van der Waals surface area contributed by atoms with E-state index in [9.17, 15) is 4.79 Å². The van der Waals surface area contributed by atoms with Crippen LogP contribution in [0.15, 0.2) is 12.2 Å². The van der Waals surface area contributed by atoms with Gasteiger partial charge in [-0.2, -0.15) is 0 Å². The van der Waals surface area contributed by atoms with Crippen LogP contribution in [0.3, 0.4) is 0 Å². The molecule has 4 nitrogen and oxygen atoms in total. The molecule has 0 atom stereocenters. The van der Waals surface area contributed by atoms with Gasteiger partial charge < -0.3 is 14.6 Å². The number of aliphatic carboxylic acids is 1. The van der Waals surface area contributed by atoms with Crippen LogP contribution in [0.4, 0.5) is 0 Å². The van der Waals surface area contributed by atoms with Crippen molar-refractivity contribution in [2.75, 3.05) is 26.4 Å². The summed E-state index contributed by atoms with van der Waals surface area (Å²) in [6, 6.07) is 0. The number of carbonyl (C=O) groups is 1. The van der Waals surface area contributed by atoms with Crippen LogP contribution in [-0.2, 0) is 14.3 Å². The van der Waals surface area contributed by atoms with Crippen LogP contribution in [0.25, 0.3) is 0 Å². The lowest BCUT2D eigenvalue weighted by atomic mass is 10.5. The molecule has 0 radical (unpaired) electrons. The zero-order valence-corrected chi connectivity index (χ0v) is 7.86. The highest BCUT2D eigenvalue weighted by atomic mass is 16.5. The van der Waals surface area contributed by atoms with Crippen molar-refractivity contribution in [2.24, 2.45) is 0 Å². The molecule has 0 aromatic rings. The molecule has 0 aromatic heterocycles. The summed E-state index contributed by atoms with van der Waals surface area (Å²) in [7, 11) is 0. The summed E-state index contributed by atoms with van der Waals surface area (Å²) >= 11 is 0. The molecule has 0 aliphatic rings. The van der Waals surface area contributed by atoms with Gasteiger partial charge in [0.1, 0.15) is 0 Å². The van der Waals surface area contributed by atoms with E-state index in [1.165, 1.54) is 6.08 Å². The Morgan fingerprint density at radius 3 is 2.62 bits per heavy atom. The molecule has 0 aromatic carbocycles. The second-order valence-electron chi connectivity index (χ2n) is 2.43. The van der Waals surface area contributed by atoms with Crippen molar-refractivity contribution in [1.29, 1.82) is 0 Å². The van der Waals surface area contributed by atoms with E-state index in [1.54, 1.807) is 0 Å². The highest BCUT2D eigenvalue weighted by Crippen LogP contribution is 1.82. The lowest BCUT2D eigenvalue weighted by Gasteiger charge is -2.01. The predicted molar refractivity (Wildman–Crippen MR) is 48.7 cm³/mol. The van der Waals surface area contributed by atoms with Crippen LogP contribution < -0.4 is 0 Å². The molecule has 0 aliphatic carbocycles. The van der Waals surface area contributed by atoms with Crippen LogP contribution in [-0.4, -0.2) is 37.5 Å². The lowest BCUT2D eigenvalue weighted by Crippen LogP contribution is -2.04. The molecular weight excluding hydrogens is 172 g/mol. The first-order chi connectivity index (χ1) is 6.27.